The lowest BCUT2D eigenvalue weighted by atomic mass is 9.91. The van der Waals surface area contributed by atoms with Gasteiger partial charge in [-0.2, -0.15) is 0 Å². The molecule has 0 bridgehead atoms. The van der Waals surface area contributed by atoms with Gasteiger partial charge in [0.2, 0.25) is 0 Å². The molecule has 0 saturated carbocycles. The van der Waals surface area contributed by atoms with Gasteiger partial charge in [0.1, 0.15) is 17.1 Å². The Labute approximate surface area is 176 Å². The molecule has 0 saturated heterocycles. The highest BCUT2D eigenvalue weighted by Gasteiger charge is 2.31. The number of phenolic OH excluding ortho intramolecular Hbond substituents is 1. The number of benzene rings is 1. The lowest BCUT2D eigenvalue weighted by Gasteiger charge is -2.32. The van der Waals surface area contributed by atoms with E-state index in [0.717, 1.165) is 44.1 Å². The first-order chi connectivity index (χ1) is 13.7. The third-order valence-corrected chi connectivity index (χ3v) is 5.22. The van der Waals surface area contributed by atoms with Crippen LogP contribution in [0, 0.1) is 0 Å². The van der Waals surface area contributed by atoms with Gasteiger partial charge in [-0.25, -0.2) is 0 Å². The number of fused-ring (bicyclic) bond motifs is 1. The maximum absolute atomic E-state index is 12.8. The fraction of sp³-hybridized carbons (Fsp3) is 0.560. The van der Waals surface area contributed by atoms with E-state index in [0.29, 0.717) is 16.9 Å². The summed E-state index contributed by atoms with van der Waals surface area (Å²) in [6.07, 6.45) is 11.8. The number of aromatic hydroxyl groups is 1. The van der Waals surface area contributed by atoms with Gasteiger partial charge in [-0.05, 0) is 84.1 Å². The minimum absolute atomic E-state index is 0.00610. The van der Waals surface area contributed by atoms with Crippen LogP contribution in [0.5, 0.6) is 11.5 Å². The predicted octanol–water partition coefficient (Wildman–Crippen LogP) is 6.17. The van der Waals surface area contributed by atoms with Gasteiger partial charge < -0.3 is 15.2 Å². The molecular weight excluding hydrogens is 362 g/mol. The van der Waals surface area contributed by atoms with Gasteiger partial charge >= 0.3 is 0 Å². The summed E-state index contributed by atoms with van der Waals surface area (Å²) in [5.41, 5.74) is 2.71. The first-order valence-corrected chi connectivity index (χ1v) is 10.9. The molecule has 1 aromatic carbocycles. The standard InChI is InChI=1S/C25H37NO3/c1-7-8-9-12-19-16-21-20(23(27)22(19)24(28)26-18(4)5)13-15-25(6,29-21)14-10-11-17(2)3/h11,13,15-16,18,27H,7-10,12,14H2,1-6H3,(H,26,28). The minimum Gasteiger partial charge on any atom is -0.506 e. The topological polar surface area (TPSA) is 58.6 Å². The SMILES string of the molecule is CCCCCc1cc2c(c(O)c1C(=O)NC(C)C)C=CC(C)(CCC=C(C)C)O2. The number of carbonyl (C=O) groups excluding carboxylic acids is 1. The molecule has 4 heteroatoms. The zero-order valence-electron chi connectivity index (χ0n) is 18.9. The number of nitrogens with one attached hydrogen (secondary N) is 1. The lowest BCUT2D eigenvalue weighted by Crippen LogP contribution is -2.33. The monoisotopic (exact) mass is 399 g/mol. The van der Waals surface area contributed by atoms with Crippen LogP contribution >= 0.6 is 0 Å². The van der Waals surface area contributed by atoms with Gasteiger partial charge in [0.05, 0.1) is 11.1 Å². The number of unbranched alkanes of at least 4 members (excludes halogenated alkanes) is 2. The van der Waals surface area contributed by atoms with Crippen LogP contribution in [0.25, 0.3) is 6.08 Å². The second-order valence-electron chi connectivity index (χ2n) is 8.82. The maximum Gasteiger partial charge on any atom is 0.255 e. The Morgan fingerprint density at radius 2 is 2.03 bits per heavy atom. The quantitative estimate of drug-likeness (QED) is 0.385. The van der Waals surface area contributed by atoms with Crippen LogP contribution in [0.2, 0.25) is 0 Å². The van der Waals surface area contributed by atoms with Crippen molar-refractivity contribution in [3.8, 4) is 11.5 Å². The molecule has 4 nitrogen and oxygen atoms in total. The molecule has 1 unspecified atom stereocenters. The number of hydrogen-bond acceptors (Lipinski definition) is 3. The van der Waals surface area contributed by atoms with Crippen molar-refractivity contribution in [2.45, 2.75) is 91.7 Å². The molecule has 0 spiro atoms. The molecule has 1 aromatic rings. The van der Waals surface area contributed by atoms with E-state index in [2.05, 4.69) is 39.1 Å². The van der Waals surface area contributed by atoms with Crippen LogP contribution in [0.15, 0.2) is 23.8 Å². The van der Waals surface area contributed by atoms with Crippen molar-refractivity contribution >= 4 is 12.0 Å². The third-order valence-electron chi connectivity index (χ3n) is 5.22. The molecule has 0 aliphatic carbocycles. The van der Waals surface area contributed by atoms with E-state index in [9.17, 15) is 9.90 Å². The number of allylic oxidation sites excluding steroid dienone is 2. The fourth-order valence-corrected chi connectivity index (χ4v) is 3.63. The molecule has 29 heavy (non-hydrogen) atoms. The predicted molar refractivity (Wildman–Crippen MR) is 121 cm³/mol. The highest BCUT2D eigenvalue weighted by molar-refractivity contribution is 6.00. The van der Waals surface area contributed by atoms with E-state index in [1.54, 1.807) is 0 Å². The summed E-state index contributed by atoms with van der Waals surface area (Å²) in [5, 5.41) is 13.9. The van der Waals surface area contributed by atoms with Crippen LogP contribution in [-0.4, -0.2) is 22.7 Å². The second kappa shape index (κ2) is 10.00. The molecule has 1 amide bonds. The van der Waals surface area contributed by atoms with Gasteiger partial charge in [0.25, 0.3) is 5.91 Å². The van der Waals surface area contributed by atoms with Crippen molar-refractivity contribution in [2.24, 2.45) is 0 Å². The van der Waals surface area contributed by atoms with Crippen molar-refractivity contribution in [1.82, 2.24) is 5.32 Å². The van der Waals surface area contributed by atoms with Gasteiger partial charge in [-0.1, -0.05) is 31.4 Å². The van der Waals surface area contributed by atoms with E-state index in [1.165, 1.54) is 5.57 Å². The Hall–Kier alpha value is -2.23. The van der Waals surface area contributed by atoms with Crippen molar-refractivity contribution in [3.05, 3.63) is 40.5 Å². The molecule has 160 valence electrons. The number of carbonyl (C=O) groups is 1. The first-order valence-electron chi connectivity index (χ1n) is 10.9. The lowest BCUT2D eigenvalue weighted by molar-refractivity contribution is 0.0939. The number of hydrogen-bond donors (Lipinski definition) is 2. The van der Waals surface area contributed by atoms with E-state index >= 15 is 0 Å². The summed E-state index contributed by atoms with van der Waals surface area (Å²) in [7, 11) is 0. The van der Waals surface area contributed by atoms with Crippen LogP contribution in [0.3, 0.4) is 0 Å². The molecule has 1 atom stereocenters. The highest BCUT2D eigenvalue weighted by atomic mass is 16.5. The molecule has 2 N–H and O–H groups in total. The summed E-state index contributed by atoms with van der Waals surface area (Å²) < 4.78 is 6.34. The smallest absolute Gasteiger partial charge is 0.255 e. The molecule has 1 heterocycles. The molecule has 0 fully saturated rings. The first kappa shape index (κ1) is 23.1. The highest BCUT2D eigenvalue weighted by Crippen LogP contribution is 2.42. The Morgan fingerprint density at radius 3 is 2.66 bits per heavy atom. The van der Waals surface area contributed by atoms with Crippen molar-refractivity contribution in [1.29, 1.82) is 0 Å². The number of rotatable bonds is 9. The molecule has 0 aromatic heterocycles. The maximum atomic E-state index is 12.8. The largest absolute Gasteiger partial charge is 0.506 e. The second-order valence-corrected chi connectivity index (χ2v) is 8.82. The fourth-order valence-electron chi connectivity index (χ4n) is 3.63. The molecular formula is C25H37NO3. The third kappa shape index (κ3) is 6.12. The summed E-state index contributed by atoms with van der Waals surface area (Å²) in [6, 6.07) is 1.97. The zero-order chi connectivity index (χ0) is 21.6. The van der Waals surface area contributed by atoms with Crippen molar-refractivity contribution in [3.63, 3.8) is 0 Å². The van der Waals surface area contributed by atoms with E-state index in [4.69, 9.17) is 4.74 Å². The minimum atomic E-state index is -0.423. The Balaban J connectivity index is 2.39. The molecule has 1 aliphatic heterocycles. The Kier molecular flexibility index (Phi) is 7.95. The van der Waals surface area contributed by atoms with Gasteiger partial charge in [0, 0.05) is 6.04 Å². The zero-order valence-corrected chi connectivity index (χ0v) is 18.9. The van der Waals surface area contributed by atoms with Crippen LogP contribution in [0.4, 0.5) is 0 Å². The Morgan fingerprint density at radius 1 is 1.31 bits per heavy atom. The van der Waals surface area contributed by atoms with Gasteiger partial charge in [-0.3, -0.25) is 4.79 Å². The molecule has 1 aliphatic rings. The van der Waals surface area contributed by atoms with Gasteiger partial charge in [0.15, 0.2) is 0 Å². The van der Waals surface area contributed by atoms with E-state index in [1.807, 2.05) is 32.1 Å². The molecule has 0 radical (unpaired) electrons. The van der Waals surface area contributed by atoms with Gasteiger partial charge in [-0.15, -0.1) is 0 Å². The van der Waals surface area contributed by atoms with E-state index in [-0.39, 0.29) is 17.7 Å². The van der Waals surface area contributed by atoms with Crippen LogP contribution in [0.1, 0.15) is 95.1 Å². The average molecular weight is 400 g/mol. The Bertz CT molecular complexity index is 788. The van der Waals surface area contributed by atoms with Crippen LogP contribution < -0.4 is 10.1 Å². The van der Waals surface area contributed by atoms with Crippen molar-refractivity contribution < 1.29 is 14.6 Å². The average Bonchev–Trinajstić information content (AvgIpc) is 2.60. The summed E-state index contributed by atoms with van der Waals surface area (Å²) in [6.45, 7) is 12.3. The summed E-state index contributed by atoms with van der Waals surface area (Å²) in [5.74, 6) is 0.462. The molecule has 2 rings (SSSR count). The van der Waals surface area contributed by atoms with Crippen LogP contribution in [-0.2, 0) is 6.42 Å². The van der Waals surface area contributed by atoms with E-state index < -0.39 is 5.60 Å². The summed E-state index contributed by atoms with van der Waals surface area (Å²) in [4.78, 5) is 12.8. The number of amides is 1. The van der Waals surface area contributed by atoms with Crippen molar-refractivity contribution in [2.75, 3.05) is 0 Å². The normalized spacial score (nSPS) is 17.6. The number of ether oxygens (including phenoxy) is 1. The number of phenols is 1. The summed E-state index contributed by atoms with van der Waals surface area (Å²) >= 11 is 0. The number of aryl methyl sites for hydroxylation is 1.